The fourth-order valence-electron chi connectivity index (χ4n) is 2.29. The van der Waals surface area contributed by atoms with Crippen LogP contribution in [0.5, 0.6) is 0 Å². The average Bonchev–Trinajstić information content (AvgIpc) is 2.46. The number of fused-ring (bicyclic) bond motifs is 1. The molecule has 0 fully saturated rings. The van der Waals surface area contributed by atoms with Gasteiger partial charge in [0.05, 0.1) is 5.52 Å². The van der Waals surface area contributed by atoms with Gasteiger partial charge in [-0.1, -0.05) is 13.8 Å². The number of aromatic nitrogens is 2. The summed E-state index contributed by atoms with van der Waals surface area (Å²) >= 11 is 0. The smallest absolute Gasteiger partial charge is 0.137 e. The van der Waals surface area contributed by atoms with Crippen LogP contribution in [0.15, 0.2) is 24.5 Å². The third-order valence-corrected chi connectivity index (χ3v) is 3.37. The molecule has 0 saturated heterocycles. The first kappa shape index (κ1) is 14.5. The lowest BCUT2D eigenvalue weighted by Gasteiger charge is -2.19. The van der Waals surface area contributed by atoms with Crippen LogP contribution in [0.4, 0.5) is 11.5 Å². The van der Waals surface area contributed by atoms with Crippen LogP contribution in [0.2, 0.25) is 0 Å². The summed E-state index contributed by atoms with van der Waals surface area (Å²) in [7, 11) is 0. The van der Waals surface area contributed by atoms with E-state index in [-0.39, 0.29) is 0 Å². The number of benzene rings is 1. The van der Waals surface area contributed by atoms with Gasteiger partial charge in [0.2, 0.25) is 0 Å². The average molecular weight is 273 g/mol. The Morgan fingerprint density at radius 3 is 2.80 bits per heavy atom. The highest BCUT2D eigenvalue weighted by molar-refractivity contribution is 5.91. The summed E-state index contributed by atoms with van der Waals surface area (Å²) in [6.45, 7) is 8.49. The molecule has 1 aromatic heterocycles. The largest absolute Gasteiger partial charge is 0.399 e. The minimum Gasteiger partial charge on any atom is -0.399 e. The predicted octanol–water partition coefficient (Wildman–Crippen LogP) is 2.36. The van der Waals surface area contributed by atoms with Gasteiger partial charge in [0, 0.05) is 24.2 Å². The molecule has 5 nitrogen and oxygen atoms in total. The molecule has 1 aromatic carbocycles. The minimum absolute atomic E-state index is 0.733. The second kappa shape index (κ2) is 7.05. The van der Waals surface area contributed by atoms with Crippen molar-refractivity contribution in [1.29, 1.82) is 0 Å². The molecule has 0 bridgehead atoms. The topological polar surface area (TPSA) is 67.1 Å². The molecule has 0 aliphatic rings. The molecule has 0 aliphatic heterocycles. The van der Waals surface area contributed by atoms with E-state index in [1.165, 1.54) is 6.42 Å². The zero-order chi connectivity index (χ0) is 14.4. The molecule has 0 unspecified atom stereocenters. The highest BCUT2D eigenvalue weighted by Crippen LogP contribution is 2.21. The normalized spacial score (nSPS) is 11.2. The van der Waals surface area contributed by atoms with Gasteiger partial charge in [-0.05, 0) is 37.7 Å². The molecule has 1 heterocycles. The summed E-state index contributed by atoms with van der Waals surface area (Å²) in [5.41, 5.74) is 7.49. The van der Waals surface area contributed by atoms with Crippen LogP contribution < -0.4 is 11.1 Å². The number of likely N-dealkylation sites (N-methyl/N-ethyl adjacent to an activating group) is 1. The number of anilines is 2. The van der Waals surface area contributed by atoms with E-state index in [1.807, 2.05) is 18.2 Å². The Hall–Kier alpha value is -1.88. The van der Waals surface area contributed by atoms with Gasteiger partial charge in [-0.25, -0.2) is 9.97 Å². The number of hydrogen-bond acceptors (Lipinski definition) is 5. The number of nitrogens with zero attached hydrogens (tertiary/aromatic N) is 3. The van der Waals surface area contributed by atoms with Crippen molar-refractivity contribution in [2.45, 2.75) is 20.3 Å². The summed E-state index contributed by atoms with van der Waals surface area (Å²) in [6, 6.07) is 5.70. The third kappa shape index (κ3) is 3.57. The second-order valence-electron chi connectivity index (χ2n) is 4.86. The number of nitrogens with two attached hydrogens (primary N) is 1. The molecule has 108 valence electrons. The molecule has 5 heteroatoms. The Morgan fingerprint density at radius 2 is 2.05 bits per heavy atom. The van der Waals surface area contributed by atoms with Crippen LogP contribution in [0.1, 0.15) is 20.3 Å². The molecule has 3 N–H and O–H groups in total. The third-order valence-electron chi connectivity index (χ3n) is 3.37. The molecular formula is C15H23N5. The summed E-state index contributed by atoms with van der Waals surface area (Å²) in [6.07, 6.45) is 2.77. The fraction of sp³-hybridized carbons (Fsp3) is 0.467. The van der Waals surface area contributed by atoms with Gasteiger partial charge >= 0.3 is 0 Å². The summed E-state index contributed by atoms with van der Waals surface area (Å²) in [5, 5.41) is 4.37. The predicted molar refractivity (Wildman–Crippen MR) is 84.8 cm³/mol. The van der Waals surface area contributed by atoms with E-state index in [2.05, 4.69) is 34.0 Å². The van der Waals surface area contributed by atoms with Crippen molar-refractivity contribution in [2.75, 3.05) is 37.2 Å². The van der Waals surface area contributed by atoms with Crippen molar-refractivity contribution in [3.05, 3.63) is 24.5 Å². The van der Waals surface area contributed by atoms with Crippen LogP contribution in [0.3, 0.4) is 0 Å². The monoisotopic (exact) mass is 273 g/mol. The van der Waals surface area contributed by atoms with Crippen molar-refractivity contribution in [3.63, 3.8) is 0 Å². The van der Waals surface area contributed by atoms with Crippen LogP contribution in [-0.2, 0) is 0 Å². The lowest BCUT2D eigenvalue weighted by Crippen LogP contribution is -2.29. The maximum absolute atomic E-state index is 5.84. The van der Waals surface area contributed by atoms with Gasteiger partial charge < -0.3 is 16.0 Å². The summed E-state index contributed by atoms with van der Waals surface area (Å²) in [4.78, 5) is 11.0. The van der Waals surface area contributed by atoms with Crippen LogP contribution in [0, 0.1) is 0 Å². The maximum Gasteiger partial charge on any atom is 0.137 e. The SMILES string of the molecule is CCCN(CC)CCNc1ncnc2ccc(N)cc12. The summed E-state index contributed by atoms with van der Waals surface area (Å²) < 4.78 is 0. The van der Waals surface area contributed by atoms with Gasteiger partial charge in [-0.3, -0.25) is 0 Å². The Labute approximate surface area is 120 Å². The van der Waals surface area contributed by atoms with Crippen LogP contribution in [-0.4, -0.2) is 41.0 Å². The minimum atomic E-state index is 0.733. The van der Waals surface area contributed by atoms with Crippen molar-refractivity contribution in [2.24, 2.45) is 0 Å². The summed E-state index contributed by atoms with van der Waals surface area (Å²) in [5.74, 6) is 0.856. The molecule has 0 amide bonds. The molecule has 20 heavy (non-hydrogen) atoms. The number of nitrogen functional groups attached to an aromatic ring is 1. The van der Waals surface area contributed by atoms with Crippen LogP contribution in [0.25, 0.3) is 10.9 Å². The van der Waals surface area contributed by atoms with E-state index in [9.17, 15) is 0 Å². The van der Waals surface area contributed by atoms with Gasteiger partial charge in [-0.2, -0.15) is 0 Å². The van der Waals surface area contributed by atoms with Crippen molar-refractivity contribution >= 4 is 22.4 Å². The van der Waals surface area contributed by atoms with Gasteiger partial charge in [-0.15, -0.1) is 0 Å². The van der Waals surface area contributed by atoms with Crippen molar-refractivity contribution < 1.29 is 0 Å². The first-order valence-electron chi connectivity index (χ1n) is 7.21. The van der Waals surface area contributed by atoms with Crippen molar-refractivity contribution in [1.82, 2.24) is 14.9 Å². The molecule has 0 aliphatic carbocycles. The second-order valence-corrected chi connectivity index (χ2v) is 4.86. The van der Waals surface area contributed by atoms with Gasteiger partial charge in [0.1, 0.15) is 12.1 Å². The first-order chi connectivity index (χ1) is 9.74. The number of nitrogens with one attached hydrogen (secondary N) is 1. The lowest BCUT2D eigenvalue weighted by molar-refractivity contribution is 0.300. The fourth-order valence-corrected chi connectivity index (χ4v) is 2.29. The van der Waals surface area contributed by atoms with Gasteiger partial charge in [0.15, 0.2) is 0 Å². The number of rotatable bonds is 7. The molecule has 0 atom stereocenters. The van der Waals surface area contributed by atoms with E-state index in [1.54, 1.807) is 6.33 Å². The van der Waals surface area contributed by atoms with E-state index in [0.717, 1.165) is 48.6 Å². The highest BCUT2D eigenvalue weighted by Gasteiger charge is 2.05. The molecule has 0 spiro atoms. The molecule has 0 saturated carbocycles. The molecule has 2 aromatic rings. The van der Waals surface area contributed by atoms with E-state index < -0.39 is 0 Å². The quantitative estimate of drug-likeness (QED) is 0.758. The Balaban J connectivity index is 2.04. The van der Waals surface area contributed by atoms with Crippen molar-refractivity contribution in [3.8, 4) is 0 Å². The lowest BCUT2D eigenvalue weighted by atomic mass is 10.2. The van der Waals surface area contributed by atoms with E-state index in [0.29, 0.717) is 0 Å². The Kier molecular flexibility index (Phi) is 5.12. The first-order valence-corrected chi connectivity index (χ1v) is 7.21. The Bertz CT molecular complexity index is 555. The molecular weight excluding hydrogens is 250 g/mol. The van der Waals surface area contributed by atoms with Gasteiger partial charge in [0.25, 0.3) is 0 Å². The zero-order valence-corrected chi connectivity index (χ0v) is 12.3. The standard InChI is InChI=1S/C15H23N5/c1-3-8-20(4-2)9-7-17-15-13-10-12(16)5-6-14(13)18-11-19-15/h5-6,10-11H,3-4,7-9,16H2,1-2H3,(H,17,18,19). The van der Waals surface area contributed by atoms with Crippen LogP contribution >= 0.6 is 0 Å². The van der Waals surface area contributed by atoms with E-state index >= 15 is 0 Å². The maximum atomic E-state index is 5.84. The molecule has 2 rings (SSSR count). The zero-order valence-electron chi connectivity index (χ0n) is 12.3. The number of hydrogen-bond donors (Lipinski definition) is 2. The Morgan fingerprint density at radius 1 is 1.20 bits per heavy atom. The van der Waals surface area contributed by atoms with E-state index in [4.69, 9.17) is 5.73 Å². The molecule has 0 radical (unpaired) electrons. The highest BCUT2D eigenvalue weighted by atomic mass is 15.1.